The number of fused-ring (bicyclic) bond motifs is 1. The van der Waals surface area contributed by atoms with Gasteiger partial charge in [-0.25, -0.2) is 0 Å². The average Bonchev–Trinajstić information content (AvgIpc) is 2.75. The molecule has 0 radical (unpaired) electrons. The van der Waals surface area contributed by atoms with Crippen LogP contribution in [0.5, 0.6) is 0 Å². The molecule has 1 fully saturated rings. The maximum atomic E-state index is 12.6. The van der Waals surface area contributed by atoms with Gasteiger partial charge in [-0.2, -0.15) is 5.10 Å². The van der Waals surface area contributed by atoms with E-state index in [1.807, 2.05) is 0 Å². The first-order valence-corrected chi connectivity index (χ1v) is 7.03. The van der Waals surface area contributed by atoms with Crippen LogP contribution in [0.1, 0.15) is 21.7 Å². The lowest BCUT2D eigenvalue weighted by molar-refractivity contribution is -0.141. The molecule has 1 atom stereocenters. The van der Waals surface area contributed by atoms with Crippen LogP contribution in [-0.4, -0.2) is 64.9 Å². The molecule has 1 saturated heterocycles. The summed E-state index contributed by atoms with van der Waals surface area (Å²) in [5.74, 6) is -1.72. The fourth-order valence-electron chi connectivity index (χ4n) is 2.70. The number of H-pyrrole nitrogens is 1. The Bertz CT molecular complexity index is 556. The number of aliphatic carboxylic acids is 1. The number of rotatable bonds is 2. The molecule has 2 aliphatic rings. The van der Waals surface area contributed by atoms with Crippen LogP contribution in [0.25, 0.3) is 0 Å². The van der Waals surface area contributed by atoms with Crippen molar-refractivity contribution < 1.29 is 19.4 Å². The third kappa shape index (κ3) is 2.77. The number of nitrogens with zero attached hydrogens (tertiary/aromatic N) is 2. The molecular formula is C13H18N4O4. The number of aromatic nitrogens is 2. The highest BCUT2D eigenvalue weighted by Gasteiger charge is 2.30. The van der Waals surface area contributed by atoms with E-state index in [0.717, 1.165) is 17.7 Å². The van der Waals surface area contributed by atoms with E-state index in [1.165, 1.54) is 0 Å². The third-order valence-electron chi connectivity index (χ3n) is 3.92. The lowest BCUT2D eigenvalue weighted by atomic mass is 10.1. The summed E-state index contributed by atoms with van der Waals surface area (Å²) in [4.78, 5) is 25.4. The van der Waals surface area contributed by atoms with Gasteiger partial charge >= 0.3 is 5.97 Å². The van der Waals surface area contributed by atoms with Crippen LogP contribution < -0.4 is 5.32 Å². The first-order valence-electron chi connectivity index (χ1n) is 7.03. The second-order valence-electron chi connectivity index (χ2n) is 5.32. The summed E-state index contributed by atoms with van der Waals surface area (Å²) in [6, 6.07) is 0. The number of carboxylic acid groups (broad SMARTS) is 1. The smallest absolute Gasteiger partial charge is 0.309 e. The van der Waals surface area contributed by atoms with Gasteiger partial charge in [0.15, 0.2) is 5.69 Å². The highest BCUT2D eigenvalue weighted by molar-refractivity contribution is 5.94. The molecule has 1 unspecified atom stereocenters. The lowest BCUT2D eigenvalue weighted by Gasteiger charge is -2.22. The SMILES string of the molecule is O=C(O)C1CNCCN(C(=O)c2n[nH]c3c2COCC3)C1. The summed E-state index contributed by atoms with van der Waals surface area (Å²) in [5, 5.41) is 19.2. The van der Waals surface area contributed by atoms with Crippen molar-refractivity contribution in [3.05, 3.63) is 17.0 Å². The summed E-state index contributed by atoms with van der Waals surface area (Å²) < 4.78 is 5.38. The highest BCUT2D eigenvalue weighted by atomic mass is 16.5. The van der Waals surface area contributed by atoms with E-state index in [2.05, 4.69) is 15.5 Å². The van der Waals surface area contributed by atoms with Crippen LogP contribution in [0.4, 0.5) is 0 Å². The van der Waals surface area contributed by atoms with Crippen molar-refractivity contribution >= 4 is 11.9 Å². The van der Waals surface area contributed by atoms with Crippen LogP contribution in [-0.2, 0) is 22.6 Å². The molecule has 0 saturated carbocycles. The van der Waals surface area contributed by atoms with Gasteiger partial charge in [0.05, 0.1) is 19.1 Å². The molecule has 2 aliphatic heterocycles. The Morgan fingerprint density at radius 2 is 2.29 bits per heavy atom. The normalized spacial score (nSPS) is 22.5. The second-order valence-corrected chi connectivity index (χ2v) is 5.32. The fourth-order valence-corrected chi connectivity index (χ4v) is 2.70. The predicted molar refractivity (Wildman–Crippen MR) is 71.8 cm³/mol. The standard InChI is InChI=1S/C13H18N4O4/c18-12(11-9-7-21-4-1-10(9)15-16-11)17-3-2-14-5-8(6-17)13(19)20/h8,14H,1-7H2,(H,15,16)(H,19,20). The Balaban J connectivity index is 1.80. The van der Waals surface area contributed by atoms with Crippen molar-refractivity contribution in [2.24, 2.45) is 5.92 Å². The minimum absolute atomic E-state index is 0.198. The Labute approximate surface area is 121 Å². The van der Waals surface area contributed by atoms with E-state index in [0.29, 0.717) is 38.5 Å². The van der Waals surface area contributed by atoms with E-state index in [1.54, 1.807) is 4.90 Å². The molecule has 0 bridgehead atoms. The van der Waals surface area contributed by atoms with Gasteiger partial charge in [-0.3, -0.25) is 14.7 Å². The van der Waals surface area contributed by atoms with Gasteiger partial charge in [-0.15, -0.1) is 0 Å². The molecule has 3 heterocycles. The Kier molecular flexibility index (Phi) is 3.89. The van der Waals surface area contributed by atoms with Crippen LogP contribution in [0.3, 0.4) is 0 Å². The lowest BCUT2D eigenvalue weighted by Crippen LogP contribution is -2.38. The molecule has 114 valence electrons. The van der Waals surface area contributed by atoms with Crippen LogP contribution in [0.15, 0.2) is 0 Å². The number of carbonyl (C=O) groups is 2. The molecule has 1 aromatic heterocycles. The first kappa shape index (κ1) is 14.0. The van der Waals surface area contributed by atoms with Crippen molar-refractivity contribution in [3.8, 4) is 0 Å². The van der Waals surface area contributed by atoms with Gasteiger partial charge in [-0.1, -0.05) is 0 Å². The zero-order valence-electron chi connectivity index (χ0n) is 11.6. The molecule has 1 aromatic rings. The van der Waals surface area contributed by atoms with Gasteiger partial charge in [0, 0.05) is 43.9 Å². The van der Waals surface area contributed by atoms with Gasteiger partial charge in [0.2, 0.25) is 0 Å². The number of hydrogen-bond donors (Lipinski definition) is 3. The topological polar surface area (TPSA) is 108 Å². The van der Waals surface area contributed by atoms with Gasteiger partial charge in [0.1, 0.15) is 0 Å². The van der Waals surface area contributed by atoms with Crippen molar-refractivity contribution in [3.63, 3.8) is 0 Å². The summed E-state index contributed by atoms with van der Waals surface area (Å²) in [6.45, 7) is 2.63. The summed E-state index contributed by atoms with van der Waals surface area (Å²) in [6.07, 6.45) is 0.717. The maximum absolute atomic E-state index is 12.6. The Morgan fingerprint density at radius 3 is 3.10 bits per heavy atom. The number of carboxylic acids is 1. The minimum Gasteiger partial charge on any atom is -0.481 e. The molecule has 0 spiro atoms. The largest absolute Gasteiger partial charge is 0.481 e. The first-order chi connectivity index (χ1) is 10.2. The van der Waals surface area contributed by atoms with Crippen LogP contribution >= 0.6 is 0 Å². The predicted octanol–water partition coefficient (Wildman–Crippen LogP) is -0.771. The molecule has 21 heavy (non-hydrogen) atoms. The number of amides is 1. The molecule has 3 rings (SSSR count). The molecule has 0 aliphatic carbocycles. The van der Waals surface area contributed by atoms with E-state index >= 15 is 0 Å². The molecular weight excluding hydrogens is 276 g/mol. The molecule has 0 aromatic carbocycles. The Hall–Kier alpha value is -1.93. The van der Waals surface area contributed by atoms with Crippen molar-refractivity contribution in [2.45, 2.75) is 13.0 Å². The zero-order chi connectivity index (χ0) is 14.8. The van der Waals surface area contributed by atoms with Crippen LogP contribution in [0.2, 0.25) is 0 Å². The summed E-state index contributed by atoms with van der Waals surface area (Å²) >= 11 is 0. The average molecular weight is 294 g/mol. The zero-order valence-corrected chi connectivity index (χ0v) is 11.6. The molecule has 3 N–H and O–H groups in total. The quantitative estimate of drug-likeness (QED) is 0.661. The number of nitrogens with one attached hydrogen (secondary N) is 2. The van der Waals surface area contributed by atoms with Gasteiger partial charge < -0.3 is 20.1 Å². The maximum Gasteiger partial charge on any atom is 0.309 e. The number of carbonyl (C=O) groups excluding carboxylic acids is 1. The fraction of sp³-hybridized carbons (Fsp3) is 0.615. The van der Waals surface area contributed by atoms with Crippen molar-refractivity contribution in [1.29, 1.82) is 0 Å². The summed E-state index contributed by atoms with van der Waals surface area (Å²) in [5.41, 5.74) is 2.10. The number of hydrogen-bond acceptors (Lipinski definition) is 5. The van der Waals surface area contributed by atoms with Crippen molar-refractivity contribution in [1.82, 2.24) is 20.4 Å². The monoisotopic (exact) mass is 294 g/mol. The van der Waals surface area contributed by atoms with Gasteiger partial charge in [-0.05, 0) is 0 Å². The van der Waals surface area contributed by atoms with E-state index in [4.69, 9.17) is 9.84 Å². The minimum atomic E-state index is -0.894. The third-order valence-corrected chi connectivity index (χ3v) is 3.92. The molecule has 8 heteroatoms. The number of aromatic amines is 1. The molecule has 8 nitrogen and oxygen atoms in total. The van der Waals surface area contributed by atoms with Gasteiger partial charge in [0.25, 0.3) is 5.91 Å². The van der Waals surface area contributed by atoms with E-state index < -0.39 is 11.9 Å². The van der Waals surface area contributed by atoms with Crippen LogP contribution in [0, 0.1) is 5.92 Å². The molecule has 1 amide bonds. The van der Waals surface area contributed by atoms with Crippen molar-refractivity contribution in [2.75, 3.05) is 32.8 Å². The van der Waals surface area contributed by atoms with E-state index in [9.17, 15) is 9.59 Å². The number of ether oxygens (including phenoxy) is 1. The summed E-state index contributed by atoms with van der Waals surface area (Å²) in [7, 11) is 0. The second kappa shape index (κ2) is 5.82. The Morgan fingerprint density at radius 1 is 1.43 bits per heavy atom. The highest BCUT2D eigenvalue weighted by Crippen LogP contribution is 2.20. The van der Waals surface area contributed by atoms with E-state index in [-0.39, 0.29) is 12.5 Å².